The summed E-state index contributed by atoms with van der Waals surface area (Å²) in [5.74, 6) is -0.434. The Hall–Kier alpha value is -3.15. The van der Waals surface area contributed by atoms with Crippen LogP contribution in [-0.4, -0.2) is 21.0 Å². The number of hydrogen-bond donors (Lipinski definition) is 3. The second kappa shape index (κ2) is 5.09. The first-order valence-corrected chi connectivity index (χ1v) is 6.27. The predicted molar refractivity (Wildman–Crippen MR) is 79.4 cm³/mol. The van der Waals surface area contributed by atoms with Gasteiger partial charge in [-0.3, -0.25) is 4.79 Å². The number of phenolic OH excluding ortho intramolecular Hbond substituents is 1. The van der Waals surface area contributed by atoms with Crippen LogP contribution in [-0.2, 0) is 0 Å². The molecule has 2 aromatic carbocycles. The van der Waals surface area contributed by atoms with E-state index in [1.165, 1.54) is 6.07 Å². The van der Waals surface area contributed by atoms with E-state index in [0.29, 0.717) is 16.7 Å². The summed E-state index contributed by atoms with van der Waals surface area (Å²) in [6.45, 7) is 0. The van der Waals surface area contributed by atoms with Crippen LogP contribution in [0.3, 0.4) is 0 Å². The summed E-state index contributed by atoms with van der Waals surface area (Å²) in [6.07, 6.45) is 0. The van der Waals surface area contributed by atoms with Crippen molar-refractivity contribution in [3.8, 4) is 5.75 Å². The lowest BCUT2D eigenvalue weighted by atomic mass is 10.2. The molecule has 0 aliphatic rings. The Morgan fingerprint density at radius 3 is 2.29 bits per heavy atom. The number of nitrogens with zero attached hydrogens (tertiary/aromatic N) is 2. The van der Waals surface area contributed by atoms with Crippen molar-refractivity contribution in [2.45, 2.75) is 0 Å². The lowest BCUT2D eigenvalue weighted by molar-refractivity contribution is 0.0996. The minimum Gasteiger partial charge on any atom is -0.506 e. The number of carbonyl (C=O) groups is 1. The molecule has 0 aliphatic heterocycles. The zero-order chi connectivity index (χ0) is 14.8. The Morgan fingerprint density at radius 1 is 1.00 bits per heavy atom. The van der Waals surface area contributed by atoms with Gasteiger partial charge in [0.05, 0.1) is 16.7 Å². The number of hydrogen-bond acceptors (Lipinski definition) is 5. The molecular weight excluding hydrogens is 268 g/mol. The summed E-state index contributed by atoms with van der Waals surface area (Å²) < 4.78 is 0. The summed E-state index contributed by atoms with van der Waals surface area (Å²) >= 11 is 0. The van der Waals surface area contributed by atoms with Crippen LogP contribution in [0.2, 0.25) is 0 Å². The van der Waals surface area contributed by atoms with Crippen LogP contribution < -0.4 is 11.1 Å². The zero-order valence-electron chi connectivity index (χ0n) is 10.9. The van der Waals surface area contributed by atoms with Crippen LogP contribution in [0.1, 0.15) is 10.5 Å². The molecule has 0 bridgehead atoms. The Morgan fingerprint density at radius 2 is 1.62 bits per heavy atom. The van der Waals surface area contributed by atoms with Crippen LogP contribution in [0, 0.1) is 0 Å². The van der Waals surface area contributed by atoms with Gasteiger partial charge >= 0.3 is 0 Å². The number of nitrogens with two attached hydrogens (primary N) is 1. The van der Waals surface area contributed by atoms with E-state index < -0.39 is 5.91 Å². The molecular formula is C15H12N4O2. The predicted octanol–water partition coefficient (Wildman–Crippen LogP) is 2.18. The van der Waals surface area contributed by atoms with Gasteiger partial charge in [0.1, 0.15) is 5.75 Å². The molecule has 0 fully saturated rings. The summed E-state index contributed by atoms with van der Waals surface area (Å²) in [5, 5.41) is 12.7. The molecule has 3 aromatic rings. The molecule has 6 heteroatoms. The molecule has 1 amide bonds. The molecule has 3 rings (SSSR count). The van der Waals surface area contributed by atoms with E-state index in [9.17, 15) is 9.90 Å². The van der Waals surface area contributed by atoms with Gasteiger partial charge in [0, 0.05) is 0 Å². The fraction of sp³-hybridized carbons (Fsp3) is 0. The van der Waals surface area contributed by atoms with Gasteiger partial charge in [-0.05, 0) is 24.3 Å². The molecule has 1 aromatic heterocycles. The van der Waals surface area contributed by atoms with Crippen molar-refractivity contribution in [3.63, 3.8) is 0 Å². The third-order valence-corrected chi connectivity index (χ3v) is 2.96. The average molecular weight is 280 g/mol. The molecule has 0 radical (unpaired) electrons. The number of nitrogens with one attached hydrogen (secondary N) is 1. The van der Waals surface area contributed by atoms with Crippen molar-refractivity contribution in [2.75, 3.05) is 5.32 Å². The quantitative estimate of drug-likeness (QED) is 0.638. The zero-order valence-corrected chi connectivity index (χ0v) is 10.9. The summed E-state index contributed by atoms with van der Waals surface area (Å²) in [4.78, 5) is 20.1. The van der Waals surface area contributed by atoms with Crippen LogP contribution in [0.5, 0.6) is 5.75 Å². The summed E-state index contributed by atoms with van der Waals surface area (Å²) in [5.41, 5.74) is 7.00. The number of amides is 1. The number of benzene rings is 2. The largest absolute Gasteiger partial charge is 0.506 e. The molecule has 0 aliphatic carbocycles. The van der Waals surface area contributed by atoms with E-state index >= 15 is 0 Å². The van der Waals surface area contributed by atoms with E-state index in [0.717, 1.165) is 0 Å². The van der Waals surface area contributed by atoms with Crippen molar-refractivity contribution in [1.29, 1.82) is 0 Å². The minimum atomic E-state index is -0.689. The molecule has 0 saturated carbocycles. The second-order valence-electron chi connectivity index (χ2n) is 4.42. The van der Waals surface area contributed by atoms with Gasteiger partial charge in [-0.2, -0.15) is 0 Å². The number of aromatic nitrogens is 2. The first kappa shape index (κ1) is 12.9. The fourth-order valence-corrected chi connectivity index (χ4v) is 1.97. The van der Waals surface area contributed by atoms with E-state index in [2.05, 4.69) is 15.3 Å². The van der Waals surface area contributed by atoms with Crippen LogP contribution in [0.25, 0.3) is 11.0 Å². The molecule has 0 atom stereocenters. The van der Waals surface area contributed by atoms with Gasteiger partial charge < -0.3 is 16.2 Å². The minimum absolute atomic E-state index is 0.0250. The molecule has 0 saturated heterocycles. The fourth-order valence-electron chi connectivity index (χ4n) is 1.97. The second-order valence-corrected chi connectivity index (χ2v) is 4.42. The topological polar surface area (TPSA) is 101 Å². The average Bonchev–Trinajstić information content (AvgIpc) is 2.48. The molecule has 4 N–H and O–H groups in total. The lowest BCUT2D eigenvalue weighted by Crippen LogP contribution is -2.16. The van der Waals surface area contributed by atoms with Gasteiger partial charge in [0.15, 0.2) is 11.5 Å². The van der Waals surface area contributed by atoms with Crippen molar-refractivity contribution in [3.05, 3.63) is 54.2 Å². The summed E-state index contributed by atoms with van der Waals surface area (Å²) in [7, 11) is 0. The molecule has 104 valence electrons. The Bertz CT molecular complexity index is 833. The number of phenols is 1. The number of fused-ring (bicyclic) bond motifs is 1. The van der Waals surface area contributed by atoms with Crippen LogP contribution in [0.15, 0.2) is 48.5 Å². The van der Waals surface area contributed by atoms with Gasteiger partial charge in [-0.15, -0.1) is 0 Å². The Kier molecular flexibility index (Phi) is 3.12. The highest BCUT2D eigenvalue weighted by atomic mass is 16.3. The number of aromatic hydroxyl groups is 1. The molecule has 6 nitrogen and oxygen atoms in total. The highest BCUT2D eigenvalue weighted by Gasteiger charge is 2.14. The van der Waals surface area contributed by atoms with Gasteiger partial charge in [0.25, 0.3) is 5.91 Å². The maximum absolute atomic E-state index is 11.6. The Labute approximate surface area is 120 Å². The van der Waals surface area contributed by atoms with Crippen molar-refractivity contribution >= 4 is 28.4 Å². The van der Waals surface area contributed by atoms with Crippen molar-refractivity contribution in [2.24, 2.45) is 5.73 Å². The SMILES string of the molecule is NC(=O)c1nc2ccccc2nc1Nc1ccccc1O. The molecule has 0 unspecified atom stereocenters. The lowest BCUT2D eigenvalue weighted by Gasteiger charge is -2.10. The number of anilines is 2. The third-order valence-electron chi connectivity index (χ3n) is 2.96. The van der Waals surface area contributed by atoms with E-state index in [-0.39, 0.29) is 17.3 Å². The monoisotopic (exact) mass is 280 g/mol. The maximum Gasteiger partial charge on any atom is 0.271 e. The van der Waals surface area contributed by atoms with Crippen molar-refractivity contribution in [1.82, 2.24) is 9.97 Å². The Balaban J connectivity index is 2.14. The molecule has 1 heterocycles. The van der Waals surface area contributed by atoms with Crippen molar-refractivity contribution < 1.29 is 9.90 Å². The number of rotatable bonds is 3. The smallest absolute Gasteiger partial charge is 0.271 e. The first-order chi connectivity index (χ1) is 10.1. The van der Waals surface area contributed by atoms with E-state index in [4.69, 9.17) is 5.73 Å². The van der Waals surface area contributed by atoms with Crippen LogP contribution >= 0.6 is 0 Å². The van der Waals surface area contributed by atoms with Crippen LogP contribution in [0.4, 0.5) is 11.5 Å². The van der Waals surface area contributed by atoms with Gasteiger partial charge in [0.2, 0.25) is 0 Å². The maximum atomic E-state index is 11.6. The van der Waals surface area contributed by atoms with E-state index in [1.54, 1.807) is 36.4 Å². The molecule has 21 heavy (non-hydrogen) atoms. The van der Waals surface area contributed by atoms with E-state index in [1.807, 2.05) is 6.07 Å². The van der Waals surface area contributed by atoms with Gasteiger partial charge in [-0.25, -0.2) is 9.97 Å². The first-order valence-electron chi connectivity index (χ1n) is 6.27. The summed E-state index contributed by atoms with van der Waals surface area (Å²) in [6, 6.07) is 13.8. The third kappa shape index (κ3) is 2.46. The standard InChI is InChI=1S/C15H12N4O2/c16-14(21)13-15(19-11-7-3-4-8-12(11)20)18-10-6-2-1-5-9(10)17-13/h1-8,20H,(H2,16,21)(H,18,19). The number of para-hydroxylation sites is 4. The highest BCUT2D eigenvalue weighted by Crippen LogP contribution is 2.27. The highest BCUT2D eigenvalue weighted by molar-refractivity contribution is 5.98. The molecule has 0 spiro atoms. The normalized spacial score (nSPS) is 10.5. The van der Waals surface area contributed by atoms with Gasteiger partial charge in [-0.1, -0.05) is 24.3 Å². The number of primary amides is 1. The number of carbonyl (C=O) groups excluding carboxylic acids is 1.